The third-order valence-corrected chi connectivity index (χ3v) is 5.91. The molecule has 0 saturated heterocycles. The molecule has 0 aliphatic carbocycles. The van der Waals surface area contributed by atoms with Gasteiger partial charge in [-0.05, 0) is 43.7 Å². The third-order valence-electron chi connectivity index (χ3n) is 3.96. The molecular formula is C18H22N3O3S2+. The van der Waals surface area contributed by atoms with E-state index in [1.807, 2.05) is 43.7 Å². The van der Waals surface area contributed by atoms with E-state index in [9.17, 15) is 14.4 Å². The second kappa shape index (κ2) is 7.36. The van der Waals surface area contributed by atoms with Crippen LogP contribution in [-0.4, -0.2) is 56.9 Å². The Hall–Kier alpha value is -1.93. The second-order valence-electron chi connectivity index (χ2n) is 7.23. The summed E-state index contributed by atoms with van der Waals surface area (Å²) in [4.78, 5) is 40.4. The van der Waals surface area contributed by atoms with Crippen molar-refractivity contribution in [2.45, 2.75) is 38.0 Å². The third kappa shape index (κ3) is 4.07. The highest BCUT2D eigenvalue weighted by molar-refractivity contribution is 8.04. The first-order chi connectivity index (χ1) is 12.3. The van der Waals surface area contributed by atoms with Crippen molar-refractivity contribution in [1.82, 2.24) is 10.2 Å². The number of fused-ring (bicyclic) bond motifs is 1. The Labute approximate surface area is 161 Å². The molecule has 4 amide bonds. The summed E-state index contributed by atoms with van der Waals surface area (Å²) in [6.07, 6.45) is 2.38. The van der Waals surface area contributed by atoms with Crippen molar-refractivity contribution in [1.29, 1.82) is 0 Å². The number of imide groups is 1. The van der Waals surface area contributed by atoms with Gasteiger partial charge >= 0.3 is 11.9 Å². The Morgan fingerprint density at radius 2 is 2.12 bits per heavy atom. The van der Waals surface area contributed by atoms with E-state index in [2.05, 4.69) is 5.32 Å². The summed E-state index contributed by atoms with van der Waals surface area (Å²) < 4.78 is 1.43. The molecule has 0 aromatic carbocycles. The summed E-state index contributed by atoms with van der Waals surface area (Å²) >= 11 is 2.98. The van der Waals surface area contributed by atoms with Crippen molar-refractivity contribution in [3.8, 4) is 0 Å². The first kappa shape index (κ1) is 18.8. The van der Waals surface area contributed by atoms with Crippen LogP contribution in [0.2, 0.25) is 0 Å². The maximum Gasteiger partial charge on any atom is 0.501 e. The van der Waals surface area contributed by atoms with Crippen molar-refractivity contribution in [3.63, 3.8) is 0 Å². The summed E-state index contributed by atoms with van der Waals surface area (Å²) in [6.45, 7) is 5.90. The Morgan fingerprint density at radius 3 is 2.77 bits per heavy atom. The van der Waals surface area contributed by atoms with E-state index in [1.165, 1.54) is 21.2 Å². The van der Waals surface area contributed by atoms with Gasteiger partial charge in [-0.3, -0.25) is 4.79 Å². The molecule has 0 spiro atoms. The van der Waals surface area contributed by atoms with Gasteiger partial charge in [0, 0.05) is 16.8 Å². The Morgan fingerprint density at radius 1 is 1.35 bits per heavy atom. The lowest BCUT2D eigenvalue weighted by atomic mass is 10.1. The fraction of sp³-hybridized carbons (Fsp3) is 0.444. The number of hydrogen-bond acceptors (Lipinski definition) is 5. The van der Waals surface area contributed by atoms with Crippen LogP contribution in [0.4, 0.5) is 4.79 Å². The van der Waals surface area contributed by atoms with Crippen molar-refractivity contribution in [2.24, 2.45) is 0 Å². The molecular weight excluding hydrogens is 370 g/mol. The molecule has 6 nitrogen and oxygen atoms in total. The van der Waals surface area contributed by atoms with E-state index in [-0.39, 0.29) is 23.9 Å². The maximum absolute atomic E-state index is 12.9. The molecule has 3 heterocycles. The lowest BCUT2D eigenvalue weighted by Crippen LogP contribution is -2.57. The van der Waals surface area contributed by atoms with E-state index in [0.717, 1.165) is 4.88 Å². The SMILES string of the molecule is CC(C)(C)NC(=O)C[N+]1=C2C=CSC2C(=O)N(CCc2cccs2)C1=O. The molecule has 1 aromatic heterocycles. The molecule has 1 aromatic rings. The topological polar surface area (TPSA) is 69.5 Å². The van der Waals surface area contributed by atoms with Gasteiger partial charge in [0.1, 0.15) is 12.3 Å². The van der Waals surface area contributed by atoms with Crippen LogP contribution in [-0.2, 0) is 16.0 Å². The van der Waals surface area contributed by atoms with Crippen LogP contribution in [0.3, 0.4) is 0 Å². The van der Waals surface area contributed by atoms with E-state index < -0.39 is 11.3 Å². The number of thioether (sulfide) groups is 1. The zero-order valence-electron chi connectivity index (χ0n) is 15.0. The average molecular weight is 393 g/mol. The van der Waals surface area contributed by atoms with Gasteiger partial charge < -0.3 is 5.32 Å². The monoisotopic (exact) mass is 392 g/mol. The van der Waals surface area contributed by atoms with Crippen LogP contribution < -0.4 is 5.32 Å². The number of carbonyl (C=O) groups excluding carboxylic acids is 3. The fourth-order valence-corrected chi connectivity index (χ4v) is 4.56. The van der Waals surface area contributed by atoms with Crippen molar-refractivity contribution < 1.29 is 19.0 Å². The van der Waals surface area contributed by atoms with E-state index in [4.69, 9.17) is 0 Å². The van der Waals surface area contributed by atoms with Gasteiger partial charge in [-0.1, -0.05) is 6.07 Å². The fourth-order valence-electron chi connectivity index (χ4n) is 2.90. The minimum Gasteiger partial charge on any atom is -0.348 e. The highest BCUT2D eigenvalue weighted by Gasteiger charge is 2.49. The van der Waals surface area contributed by atoms with Gasteiger partial charge in [0.2, 0.25) is 0 Å². The molecule has 1 unspecified atom stereocenters. The van der Waals surface area contributed by atoms with Crippen LogP contribution in [0.25, 0.3) is 0 Å². The molecule has 1 atom stereocenters. The van der Waals surface area contributed by atoms with Crippen LogP contribution in [0.15, 0.2) is 29.0 Å². The molecule has 0 fully saturated rings. The first-order valence-corrected chi connectivity index (χ1v) is 10.2. The van der Waals surface area contributed by atoms with Gasteiger partial charge in [0.25, 0.3) is 5.91 Å². The summed E-state index contributed by atoms with van der Waals surface area (Å²) in [7, 11) is 0. The van der Waals surface area contributed by atoms with Crippen molar-refractivity contribution in [3.05, 3.63) is 33.9 Å². The maximum atomic E-state index is 12.9. The van der Waals surface area contributed by atoms with Gasteiger partial charge in [-0.2, -0.15) is 14.3 Å². The van der Waals surface area contributed by atoms with Gasteiger partial charge in [0.15, 0.2) is 11.8 Å². The highest BCUT2D eigenvalue weighted by atomic mass is 32.2. The van der Waals surface area contributed by atoms with Crippen LogP contribution >= 0.6 is 23.1 Å². The quantitative estimate of drug-likeness (QED) is 0.781. The number of allylic oxidation sites excluding steroid dienone is 1. The molecule has 2 aliphatic rings. The van der Waals surface area contributed by atoms with Gasteiger partial charge in [-0.25, -0.2) is 4.79 Å². The number of nitrogens with zero attached hydrogens (tertiary/aromatic N) is 2. The Balaban J connectivity index is 1.80. The molecule has 0 saturated carbocycles. The smallest absolute Gasteiger partial charge is 0.348 e. The number of amides is 4. The molecule has 0 bridgehead atoms. The number of thiophene rings is 1. The summed E-state index contributed by atoms with van der Waals surface area (Å²) in [6, 6.07) is 3.52. The molecule has 1 N–H and O–H groups in total. The molecule has 26 heavy (non-hydrogen) atoms. The predicted octanol–water partition coefficient (Wildman–Crippen LogP) is 2.25. The van der Waals surface area contributed by atoms with Gasteiger partial charge in [0.05, 0.1) is 0 Å². The largest absolute Gasteiger partial charge is 0.501 e. The minimum atomic E-state index is -0.446. The van der Waals surface area contributed by atoms with E-state index in [1.54, 1.807) is 17.4 Å². The van der Waals surface area contributed by atoms with Crippen molar-refractivity contribution in [2.75, 3.05) is 13.1 Å². The summed E-state index contributed by atoms with van der Waals surface area (Å²) in [5, 5.41) is 6.20. The van der Waals surface area contributed by atoms with E-state index >= 15 is 0 Å². The lowest BCUT2D eigenvalue weighted by molar-refractivity contribution is -0.426. The Bertz CT molecular complexity index is 791. The van der Waals surface area contributed by atoms with E-state index in [0.29, 0.717) is 18.7 Å². The second-order valence-corrected chi connectivity index (χ2v) is 9.28. The molecule has 8 heteroatoms. The predicted molar refractivity (Wildman–Crippen MR) is 104 cm³/mol. The number of urea groups is 1. The normalized spacial score (nSPS) is 20.0. The number of hydrogen-bond donors (Lipinski definition) is 1. The zero-order chi connectivity index (χ0) is 18.9. The van der Waals surface area contributed by atoms with Crippen LogP contribution in [0, 0.1) is 0 Å². The summed E-state index contributed by atoms with van der Waals surface area (Å²) in [5.41, 5.74) is 0.219. The average Bonchev–Trinajstić information content (AvgIpc) is 3.21. The zero-order valence-corrected chi connectivity index (χ0v) is 16.7. The molecule has 0 radical (unpaired) electrons. The minimum absolute atomic E-state index is 0.0877. The standard InChI is InChI=1S/C18H21N3O3S2/c1-18(2,3)19-14(22)11-21-13-7-10-26-15(13)16(23)20(17(21)24)8-6-12-5-4-9-25-12/h4-5,7,9-10,15H,6,8,11H2,1-3H3/p+1. The molecule has 3 rings (SSSR count). The summed E-state index contributed by atoms with van der Waals surface area (Å²) in [5.74, 6) is -0.445. The number of nitrogens with one attached hydrogen (secondary N) is 1. The lowest BCUT2D eigenvalue weighted by Gasteiger charge is -2.25. The van der Waals surface area contributed by atoms with Crippen LogP contribution in [0.1, 0.15) is 25.6 Å². The molecule has 138 valence electrons. The van der Waals surface area contributed by atoms with Crippen molar-refractivity contribution >= 4 is 46.7 Å². The van der Waals surface area contributed by atoms with Gasteiger partial charge in [-0.15, -0.1) is 23.1 Å². The van der Waals surface area contributed by atoms with Crippen LogP contribution in [0.5, 0.6) is 0 Å². The number of carbonyl (C=O) groups is 3. The Kier molecular flexibility index (Phi) is 5.34. The first-order valence-electron chi connectivity index (χ1n) is 8.41. The number of rotatable bonds is 5. The highest BCUT2D eigenvalue weighted by Crippen LogP contribution is 2.28. The molecule has 2 aliphatic heterocycles.